The molecule has 4 aromatic rings. The molecule has 0 fully saturated rings. The van der Waals surface area contributed by atoms with Crippen LogP contribution in [0, 0.1) is 11.8 Å². The van der Waals surface area contributed by atoms with Crippen LogP contribution in [0.5, 0.6) is 0 Å². The Morgan fingerprint density at radius 1 is 1.11 bits per heavy atom. The maximum Gasteiger partial charge on any atom is 0.296 e. The Bertz CT molecular complexity index is 1480. The molecule has 0 aliphatic carbocycles. The summed E-state index contributed by atoms with van der Waals surface area (Å²) in [4.78, 5) is 37.5. The number of nitrogens with one attached hydrogen (secondary N) is 2. The molecule has 1 aliphatic rings. The molecule has 9 heteroatoms. The fourth-order valence-corrected chi connectivity index (χ4v) is 4.50. The molecule has 9 nitrogen and oxygen atoms in total. The minimum Gasteiger partial charge on any atom is -0.383 e. The first-order valence-corrected chi connectivity index (χ1v) is 11.2. The smallest absolute Gasteiger partial charge is 0.296 e. The molecule has 4 heterocycles. The van der Waals surface area contributed by atoms with E-state index in [0.29, 0.717) is 23.7 Å². The van der Waals surface area contributed by atoms with E-state index in [1.54, 1.807) is 37.4 Å². The first kappa shape index (κ1) is 22.1. The Hall–Kier alpha value is -4.71. The van der Waals surface area contributed by atoms with Gasteiger partial charge in [0, 0.05) is 35.6 Å². The number of rotatable bonds is 4. The van der Waals surface area contributed by atoms with Gasteiger partial charge in [0.15, 0.2) is 0 Å². The second-order valence-corrected chi connectivity index (χ2v) is 8.22. The number of carbonyl (C=O) groups excluding carboxylic acids is 2. The van der Waals surface area contributed by atoms with Gasteiger partial charge in [-0.3, -0.25) is 9.59 Å². The summed E-state index contributed by atoms with van der Waals surface area (Å²) in [5.74, 6) is 5.51. The van der Waals surface area contributed by atoms with Gasteiger partial charge >= 0.3 is 0 Å². The predicted octanol–water partition coefficient (Wildman–Crippen LogP) is 2.78. The van der Waals surface area contributed by atoms with Gasteiger partial charge in [0.1, 0.15) is 23.6 Å². The average Bonchev–Trinajstić information content (AvgIpc) is 3.20. The summed E-state index contributed by atoms with van der Waals surface area (Å²) < 4.78 is 2.10. The molecule has 1 aliphatic heterocycles. The number of nitrogens with zero attached hydrogens (tertiary/aromatic N) is 4. The lowest BCUT2D eigenvalue weighted by molar-refractivity contribution is -0.116. The minimum atomic E-state index is -0.286. The molecule has 0 radical (unpaired) electrons. The van der Waals surface area contributed by atoms with E-state index in [4.69, 9.17) is 5.73 Å². The topological polar surface area (TPSA) is 128 Å². The van der Waals surface area contributed by atoms with E-state index < -0.39 is 0 Å². The van der Waals surface area contributed by atoms with Gasteiger partial charge < -0.3 is 20.9 Å². The molecule has 174 valence electrons. The highest BCUT2D eigenvalue weighted by atomic mass is 16.2. The molecule has 0 unspecified atom stereocenters. The van der Waals surface area contributed by atoms with E-state index in [9.17, 15) is 9.59 Å². The minimum absolute atomic E-state index is 0.0619. The first-order valence-electron chi connectivity index (χ1n) is 11.2. The van der Waals surface area contributed by atoms with Gasteiger partial charge in [-0.2, -0.15) is 0 Å². The van der Waals surface area contributed by atoms with Gasteiger partial charge in [-0.05, 0) is 55.5 Å². The highest BCUT2D eigenvalue weighted by molar-refractivity contribution is 6.05. The SMILES string of the molecule is CC#CC(=O)N[C@@H]1CCc2c(-c3ccc(C(=O)Nc4ccccn4)cc3)c3c(N)ncnc3n2C1. The number of aromatic nitrogens is 4. The summed E-state index contributed by atoms with van der Waals surface area (Å²) in [5.41, 5.74) is 10.5. The number of fused-ring (bicyclic) bond motifs is 3. The fraction of sp³-hybridized carbons (Fsp3) is 0.192. The molecule has 1 aromatic carbocycles. The number of hydrogen-bond donors (Lipinski definition) is 3. The van der Waals surface area contributed by atoms with Gasteiger partial charge in [0.05, 0.1) is 5.39 Å². The van der Waals surface area contributed by atoms with Crippen LogP contribution in [-0.2, 0) is 17.8 Å². The third-order valence-corrected chi connectivity index (χ3v) is 6.03. The molecule has 0 bridgehead atoms. The number of benzene rings is 1. The molecule has 35 heavy (non-hydrogen) atoms. The van der Waals surface area contributed by atoms with Gasteiger partial charge in [-0.25, -0.2) is 15.0 Å². The molecule has 3 aromatic heterocycles. The van der Waals surface area contributed by atoms with Crippen LogP contribution < -0.4 is 16.4 Å². The number of hydrogen-bond acceptors (Lipinski definition) is 6. The predicted molar refractivity (Wildman–Crippen MR) is 133 cm³/mol. The Balaban J connectivity index is 1.49. The average molecular weight is 466 g/mol. The Labute approximate surface area is 201 Å². The van der Waals surface area contributed by atoms with Crippen LogP contribution in [0.1, 0.15) is 29.4 Å². The second-order valence-electron chi connectivity index (χ2n) is 8.22. The first-order chi connectivity index (χ1) is 17.0. The van der Waals surface area contributed by atoms with Crippen molar-refractivity contribution >= 4 is 34.5 Å². The number of pyridine rings is 1. The maximum atomic E-state index is 12.6. The number of carbonyl (C=O) groups is 2. The summed E-state index contributed by atoms with van der Waals surface area (Å²) >= 11 is 0. The Morgan fingerprint density at radius 3 is 2.69 bits per heavy atom. The molecular formula is C26H23N7O2. The second kappa shape index (κ2) is 9.27. The monoisotopic (exact) mass is 465 g/mol. The zero-order valence-corrected chi connectivity index (χ0v) is 19.1. The standard InChI is InChI=1S/C26H23N7O2/c1-2-5-21(34)31-18-11-12-19-22(23-24(27)29-15-30-25(23)33(19)14-18)16-7-9-17(10-8-16)26(35)32-20-6-3-4-13-28-20/h3-4,6-10,13,15,18H,11-12,14H2,1H3,(H,31,34)(H2,27,29,30)(H,28,32,35)/t18-/m1/s1. The molecule has 0 saturated carbocycles. The summed E-state index contributed by atoms with van der Waals surface area (Å²) in [6.45, 7) is 2.20. The van der Waals surface area contributed by atoms with E-state index in [1.807, 2.05) is 18.2 Å². The quantitative estimate of drug-likeness (QED) is 0.398. The van der Waals surface area contributed by atoms with Gasteiger partial charge in [-0.15, -0.1) is 0 Å². The van der Waals surface area contributed by atoms with Crippen LogP contribution in [0.2, 0.25) is 0 Å². The number of nitrogens with two attached hydrogens (primary N) is 1. The summed E-state index contributed by atoms with van der Waals surface area (Å²) in [6, 6.07) is 12.6. The van der Waals surface area contributed by atoms with E-state index >= 15 is 0 Å². The van der Waals surface area contributed by atoms with Crippen molar-refractivity contribution in [3.05, 3.63) is 66.2 Å². The lowest BCUT2D eigenvalue weighted by Gasteiger charge is -2.26. The molecule has 4 N–H and O–H groups in total. The van der Waals surface area contributed by atoms with Crippen molar-refractivity contribution in [3.63, 3.8) is 0 Å². The van der Waals surface area contributed by atoms with Crippen LogP contribution in [0.25, 0.3) is 22.2 Å². The summed E-state index contributed by atoms with van der Waals surface area (Å²) in [5, 5.41) is 6.54. The lowest BCUT2D eigenvalue weighted by Crippen LogP contribution is -2.40. The highest BCUT2D eigenvalue weighted by Gasteiger charge is 2.28. The third kappa shape index (κ3) is 4.29. The van der Waals surface area contributed by atoms with E-state index in [2.05, 4.69) is 42.0 Å². The van der Waals surface area contributed by atoms with Gasteiger partial charge in [-0.1, -0.05) is 24.1 Å². The molecule has 0 spiro atoms. The van der Waals surface area contributed by atoms with Crippen molar-refractivity contribution in [2.24, 2.45) is 0 Å². The normalized spacial score (nSPS) is 14.5. The molecule has 0 saturated heterocycles. The van der Waals surface area contributed by atoms with Crippen LogP contribution in [0.3, 0.4) is 0 Å². The number of amides is 2. The molecule has 5 rings (SSSR count). The largest absolute Gasteiger partial charge is 0.383 e. The van der Waals surface area contributed by atoms with Crippen LogP contribution >= 0.6 is 0 Å². The van der Waals surface area contributed by atoms with E-state index in [0.717, 1.165) is 40.7 Å². The van der Waals surface area contributed by atoms with Crippen molar-refractivity contribution in [1.29, 1.82) is 0 Å². The molecule has 2 amide bonds. The zero-order chi connectivity index (χ0) is 24.4. The fourth-order valence-electron chi connectivity index (χ4n) is 4.50. The number of anilines is 2. The third-order valence-electron chi connectivity index (χ3n) is 6.03. The van der Waals surface area contributed by atoms with Crippen LogP contribution in [-0.4, -0.2) is 37.4 Å². The lowest BCUT2D eigenvalue weighted by atomic mass is 9.96. The van der Waals surface area contributed by atoms with Crippen molar-refractivity contribution in [2.75, 3.05) is 11.1 Å². The van der Waals surface area contributed by atoms with Crippen LogP contribution in [0.15, 0.2) is 55.0 Å². The molecule has 1 atom stereocenters. The molecular weight excluding hydrogens is 442 g/mol. The van der Waals surface area contributed by atoms with Crippen molar-refractivity contribution in [2.45, 2.75) is 32.4 Å². The van der Waals surface area contributed by atoms with E-state index in [1.165, 1.54) is 6.33 Å². The van der Waals surface area contributed by atoms with E-state index in [-0.39, 0.29) is 17.9 Å². The van der Waals surface area contributed by atoms with Gasteiger partial charge in [0.25, 0.3) is 11.8 Å². The van der Waals surface area contributed by atoms with Crippen molar-refractivity contribution in [3.8, 4) is 23.0 Å². The Morgan fingerprint density at radius 2 is 1.94 bits per heavy atom. The zero-order valence-electron chi connectivity index (χ0n) is 19.1. The summed E-state index contributed by atoms with van der Waals surface area (Å²) in [7, 11) is 0. The Kier molecular flexibility index (Phi) is 5.85. The summed E-state index contributed by atoms with van der Waals surface area (Å²) in [6.07, 6.45) is 4.56. The van der Waals surface area contributed by atoms with Crippen molar-refractivity contribution < 1.29 is 9.59 Å². The highest BCUT2D eigenvalue weighted by Crippen LogP contribution is 2.39. The van der Waals surface area contributed by atoms with Crippen LogP contribution in [0.4, 0.5) is 11.6 Å². The van der Waals surface area contributed by atoms with Gasteiger partial charge in [0.2, 0.25) is 0 Å². The number of nitrogen functional groups attached to an aromatic ring is 1. The van der Waals surface area contributed by atoms with Crippen molar-refractivity contribution in [1.82, 2.24) is 24.8 Å². The maximum absolute atomic E-state index is 12.6.